The van der Waals surface area contributed by atoms with E-state index in [0.717, 1.165) is 43.1 Å². The molecule has 0 amide bonds. The van der Waals surface area contributed by atoms with Gasteiger partial charge in [0.2, 0.25) is 5.95 Å². The van der Waals surface area contributed by atoms with Gasteiger partial charge in [-0.05, 0) is 18.8 Å². The summed E-state index contributed by atoms with van der Waals surface area (Å²) in [6, 6.07) is 11.9. The average molecular weight is 356 g/mol. The van der Waals surface area contributed by atoms with Crippen LogP contribution < -0.4 is 10.6 Å². The predicted molar refractivity (Wildman–Crippen MR) is 104 cm³/mol. The third-order valence-electron chi connectivity index (χ3n) is 4.65. The highest BCUT2D eigenvalue weighted by Gasteiger charge is 2.17. The summed E-state index contributed by atoms with van der Waals surface area (Å²) in [7, 11) is 0. The molecule has 2 atom stereocenters. The smallest absolute Gasteiger partial charge is 0.225 e. The molecule has 1 saturated heterocycles. The number of aliphatic hydroxyl groups is 1. The first-order valence-corrected chi connectivity index (χ1v) is 9.33. The Kier molecular flexibility index (Phi) is 6.41. The van der Waals surface area contributed by atoms with Crippen molar-refractivity contribution in [2.24, 2.45) is 5.92 Å². The Labute approximate surface area is 155 Å². The molecule has 1 aromatic heterocycles. The molecular formula is C20H28N4O2. The van der Waals surface area contributed by atoms with Crippen molar-refractivity contribution in [1.29, 1.82) is 0 Å². The van der Waals surface area contributed by atoms with Crippen molar-refractivity contribution in [2.75, 3.05) is 30.4 Å². The van der Waals surface area contributed by atoms with Crippen molar-refractivity contribution in [3.05, 3.63) is 36.4 Å². The lowest BCUT2D eigenvalue weighted by atomic mass is 10.1. The molecule has 0 spiro atoms. The van der Waals surface area contributed by atoms with Gasteiger partial charge in [-0.1, -0.05) is 44.2 Å². The number of aliphatic hydroxyl groups excluding tert-OH is 1. The van der Waals surface area contributed by atoms with Gasteiger partial charge in [0.05, 0.1) is 24.4 Å². The summed E-state index contributed by atoms with van der Waals surface area (Å²) < 4.78 is 5.68. The molecule has 3 rings (SSSR count). The van der Waals surface area contributed by atoms with E-state index in [1.54, 1.807) is 0 Å². The van der Waals surface area contributed by atoms with Crippen LogP contribution in [0.5, 0.6) is 0 Å². The van der Waals surface area contributed by atoms with Gasteiger partial charge in [0.15, 0.2) is 0 Å². The number of nitrogens with one attached hydrogen (secondary N) is 2. The summed E-state index contributed by atoms with van der Waals surface area (Å²) in [6.45, 7) is 5.73. The largest absolute Gasteiger partial charge is 0.394 e. The second-order valence-corrected chi connectivity index (χ2v) is 7.02. The maximum atomic E-state index is 9.61. The number of benzene rings is 1. The Morgan fingerprint density at radius 1 is 1.23 bits per heavy atom. The number of anilines is 2. The minimum atomic E-state index is -0.0907. The van der Waals surface area contributed by atoms with Gasteiger partial charge >= 0.3 is 0 Å². The van der Waals surface area contributed by atoms with Gasteiger partial charge in [-0.3, -0.25) is 0 Å². The van der Waals surface area contributed by atoms with E-state index in [1.807, 2.05) is 36.4 Å². The van der Waals surface area contributed by atoms with Gasteiger partial charge in [0, 0.05) is 24.8 Å². The number of ether oxygens (including phenoxy) is 1. The Bertz CT molecular complexity index is 687. The first kappa shape index (κ1) is 18.6. The lowest BCUT2D eigenvalue weighted by Crippen LogP contribution is -2.30. The number of hydrogen-bond donors (Lipinski definition) is 3. The lowest BCUT2D eigenvalue weighted by molar-refractivity contribution is 0.120. The summed E-state index contributed by atoms with van der Waals surface area (Å²) in [5.41, 5.74) is 1.88. The number of aromatic nitrogens is 2. The van der Waals surface area contributed by atoms with Crippen molar-refractivity contribution in [3.8, 4) is 11.3 Å². The standard InChI is InChI=1S/C20H28N4O2/c1-14(2)18(13-25)23-20-22-17(15-7-4-3-5-8-15)11-19(24-20)21-12-16-9-6-10-26-16/h3-5,7-8,11,14,16,18,25H,6,9-10,12-13H2,1-2H3,(H2,21,22,23,24)/t16-,18+/m1/s1. The fourth-order valence-electron chi connectivity index (χ4n) is 2.97. The summed E-state index contributed by atoms with van der Waals surface area (Å²) in [6.07, 6.45) is 2.43. The Hall–Kier alpha value is -2.18. The average Bonchev–Trinajstić information content (AvgIpc) is 3.18. The van der Waals surface area contributed by atoms with Gasteiger partial charge in [0.25, 0.3) is 0 Å². The topological polar surface area (TPSA) is 79.3 Å². The van der Waals surface area contributed by atoms with Gasteiger partial charge in [0.1, 0.15) is 5.82 Å². The van der Waals surface area contributed by atoms with E-state index in [4.69, 9.17) is 4.74 Å². The van der Waals surface area contributed by atoms with Crippen LogP contribution in [0.3, 0.4) is 0 Å². The van der Waals surface area contributed by atoms with Crippen molar-refractivity contribution < 1.29 is 9.84 Å². The Balaban J connectivity index is 1.83. The van der Waals surface area contributed by atoms with Crippen molar-refractivity contribution in [2.45, 2.75) is 38.8 Å². The van der Waals surface area contributed by atoms with Gasteiger partial charge < -0.3 is 20.5 Å². The molecule has 3 N–H and O–H groups in total. The highest BCUT2D eigenvalue weighted by molar-refractivity contribution is 5.64. The second-order valence-electron chi connectivity index (χ2n) is 7.02. The summed E-state index contributed by atoms with van der Waals surface area (Å²) in [5, 5.41) is 16.3. The summed E-state index contributed by atoms with van der Waals surface area (Å²) >= 11 is 0. The highest BCUT2D eigenvalue weighted by atomic mass is 16.5. The molecule has 0 bridgehead atoms. The SMILES string of the molecule is CC(C)[C@H](CO)Nc1nc(NC[C@H]2CCCO2)cc(-c2ccccc2)n1. The van der Waals surface area contributed by atoms with E-state index in [0.29, 0.717) is 5.95 Å². The van der Waals surface area contributed by atoms with E-state index in [9.17, 15) is 5.11 Å². The van der Waals surface area contributed by atoms with Gasteiger partial charge in [-0.15, -0.1) is 0 Å². The van der Waals surface area contributed by atoms with Crippen molar-refractivity contribution in [3.63, 3.8) is 0 Å². The first-order valence-electron chi connectivity index (χ1n) is 9.33. The molecule has 0 unspecified atom stereocenters. The van der Waals surface area contributed by atoms with Crippen LogP contribution in [0.1, 0.15) is 26.7 Å². The zero-order valence-electron chi connectivity index (χ0n) is 15.5. The minimum absolute atomic E-state index is 0.0370. The van der Waals surface area contributed by atoms with Crippen LogP contribution in [0, 0.1) is 5.92 Å². The van der Waals surface area contributed by atoms with Crippen molar-refractivity contribution >= 4 is 11.8 Å². The van der Waals surface area contributed by atoms with Crippen molar-refractivity contribution in [1.82, 2.24) is 9.97 Å². The first-order chi connectivity index (χ1) is 12.7. The lowest BCUT2D eigenvalue weighted by Gasteiger charge is -2.21. The monoisotopic (exact) mass is 356 g/mol. The predicted octanol–water partition coefficient (Wildman–Crippen LogP) is 3.16. The molecule has 6 heteroatoms. The normalized spacial score (nSPS) is 18.1. The van der Waals surface area contributed by atoms with E-state index < -0.39 is 0 Å². The third-order valence-corrected chi connectivity index (χ3v) is 4.65. The maximum Gasteiger partial charge on any atom is 0.225 e. The molecule has 1 aliphatic rings. The van der Waals surface area contributed by atoms with Gasteiger partial charge in [-0.25, -0.2) is 4.98 Å². The molecule has 0 saturated carbocycles. The van der Waals surface area contributed by atoms with E-state index in [1.165, 1.54) is 0 Å². The van der Waals surface area contributed by atoms with Crippen LogP contribution in [0.25, 0.3) is 11.3 Å². The molecule has 1 aromatic carbocycles. The number of rotatable bonds is 8. The minimum Gasteiger partial charge on any atom is -0.394 e. The molecule has 6 nitrogen and oxygen atoms in total. The summed E-state index contributed by atoms with van der Waals surface area (Å²) in [5.74, 6) is 1.55. The van der Waals surface area contributed by atoms with E-state index in [2.05, 4.69) is 34.4 Å². The van der Waals surface area contributed by atoms with Crippen LogP contribution in [0.2, 0.25) is 0 Å². The maximum absolute atomic E-state index is 9.61. The fourth-order valence-corrected chi connectivity index (χ4v) is 2.97. The molecule has 1 aliphatic heterocycles. The molecular weight excluding hydrogens is 328 g/mol. The molecule has 1 fully saturated rings. The molecule has 0 radical (unpaired) electrons. The highest BCUT2D eigenvalue weighted by Crippen LogP contribution is 2.23. The number of hydrogen-bond acceptors (Lipinski definition) is 6. The van der Waals surface area contributed by atoms with E-state index in [-0.39, 0.29) is 24.7 Å². The van der Waals surface area contributed by atoms with Crippen LogP contribution in [-0.2, 0) is 4.74 Å². The summed E-state index contributed by atoms with van der Waals surface area (Å²) in [4.78, 5) is 9.24. The van der Waals surface area contributed by atoms with Crippen LogP contribution >= 0.6 is 0 Å². The zero-order valence-corrected chi connectivity index (χ0v) is 15.5. The second kappa shape index (κ2) is 8.96. The number of nitrogens with zero attached hydrogens (tertiary/aromatic N) is 2. The molecule has 26 heavy (non-hydrogen) atoms. The molecule has 2 aromatic rings. The third kappa shape index (κ3) is 4.93. The van der Waals surface area contributed by atoms with E-state index >= 15 is 0 Å². The fraction of sp³-hybridized carbons (Fsp3) is 0.500. The van der Waals surface area contributed by atoms with Crippen LogP contribution in [-0.4, -0.2) is 47.0 Å². The van der Waals surface area contributed by atoms with Gasteiger partial charge in [-0.2, -0.15) is 4.98 Å². The molecule has 2 heterocycles. The molecule has 0 aliphatic carbocycles. The Morgan fingerprint density at radius 2 is 2.04 bits per heavy atom. The van der Waals surface area contributed by atoms with Crippen LogP contribution in [0.15, 0.2) is 36.4 Å². The Morgan fingerprint density at radius 3 is 2.69 bits per heavy atom. The van der Waals surface area contributed by atoms with Crippen LogP contribution in [0.4, 0.5) is 11.8 Å². The molecule has 140 valence electrons. The quantitative estimate of drug-likeness (QED) is 0.674. The zero-order chi connectivity index (χ0) is 18.4.